The zero-order valence-electron chi connectivity index (χ0n) is 3.72. The van der Waals surface area contributed by atoms with Gasteiger partial charge in [0, 0.05) is 42.1 Å². The molecule has 0 rings (SSSR count). The van der Waals surface area contributed by atoms with Crippen molar-refractivity contribution in [1.29, 1.82) is 0 Å². The first-order valence-corrected chi connectivity index (χ1v) is 1.20. The Balaban J connectivity index is -0.0000000150. The maximum atomic E-state index is 6.26. The summed E-state index contributed by atoms with van der Waals surface area (Å²) in [7, 11) is 0. The van der Waals surface area contributed by atoms with Gasteiger partial charge in [-0.1, -0.05) is 0 Å². The van der Waals surface area contributed by atoms with Gasteiger partial charge in [-0.25, -0.2) is 0 Å². The van der Waals surface area contributed by atoms with Crippen LogP contribution in [0.25, 0.3) is 0 Å². The Morgan fingerprint density at radius 1 is 1.43 bits per heavy atom. The average Bonchev–Trinajstić information content (AvgIpc) is 1.37. The van der Waals surface area contributed by atoms with Crippen LogP contribution in [0.4, 0.5) is 0 Å². The molecule has 0 aromatic rings. The third kappa shape index (κ3) is 31.8. The Bertz CT molecular complexity index is 12.1. The van der Waals surface area contributed by atoms with Gasteiger partial charge in [0.05, 0.1) is 0 Å². The summed E-state index contributed by atoms with van der Waals surface area (Å²) >= 11 is 0. The number of hydrogen-bond donors (Lipinski definition) is 0. The molecule has 0 unspecified atom stereocenters. The molecule has 0 aliphatic heterocycles. The van der Waals surface area contributed by atoms with Gasteiger partial charge in [-0.15, -0.1) is 0 Å². The van der Waals surface area contributed by atoms with Crippen molar-refractivity contribution in [3.63, 3.8) is 0 Å². The molecule has 0 heterocycles. The Morgan fingerprint density at radius 3 is 1.57 bits per heavy atom. The van der Waals surface area contributed by atoms with Crippen molar-refractivity contribution in [3.05, 3.63) is 13.5 Å². The first kappa shape index (κ1) is 23.0. The summed E-state index contributed by atoms with van der Waals surface area (Å²) in [5.41, 5.74) is 6.26. The van der Waals surface area contributed by atoms with E-state index in [4.69, 9.17) is 5.73 Å². The van der Waals surface area contributed by atoms with Crippen LogP contribution in [0.2, 0.25) is 0 Å². The molecular weight excluding hydrogens is 602 g/mol. The largest absolute Gasteiger partial charge is 2.00 e. The van der Waals surface area contributed by atoms with Crippen molar-refractivity contribution in [2.45, 2.75) is 6.42 Å². The van der Waals surface area contributed by atoms with Crippen LogP contribution < -0.4 is 5.73 Å². The maximum Gasteiger partial charge on any atom is 2.00 e. The SMILES string of the molecule is [CH2-]C[CH-][NH].[W+2].[W].[W]. The van der Waals surface area contributed by atoms with Crippen LogP contribution in [0, 0.1) is 13.5 Å². The van der Waals surface area contributed by atoms with Gasteiger partial charge in [-0.05, 0) is 0 Å². The Kier molecular flexibility index (Phi) is 80.4. The van der Waals surface area contributed by atoms with Gasteiger partial charge < -0.3 is 19.1 Å². The Hall–Kier alpha value is 2.02. The first-order valence-electron chi connectivity index (χ1n) is 1.20. The maximum absolute atomic E-state index is 6.26. The van der Waals surface area contributed by atoms with Gasteiger partial charge in [0.2, 0.25) is 0 Å². The molecule has 4 heteroatoms. The summed E-state index contributed by atoms with van der Waals surface area (Å²) < 4.78 is 0. The summed E-state index contributed by atoms with van der Waals surface area (Å²) in [5, 5.41) is 0. The van der Waals surface area contributed by atoms with Crippen molar-refractivity contribution in [3.8, 4) is 0 Å². The molecule has 0 aromatic carbocycles. The summed E-state index contributed by atoms with van der Waals surface area (Å²) in [6.07, 6.45) is 0.611. The fourth-order valence-corrected chi connectivity index (χ4v) is 0. The van der Waals surface area contributed by atoms with Gasteiger partial charge in [-0.2, -0.15) is 0 Å². The number of rotatable bonds is 1. The van der Waals surface area contributed by atoms with E-state index in [1.54, 1.807) is 0 Å². The molecule has 0 saturated carbocycles. The van der Waals surface area contributed by atoms with Crippen LogP contribution in [0.15, 0.2) is 0 Å². The molecule has 41 valence electrons. The number of hydrogen-bond acceptors (Lipinski definition) is 0. The van der Waals surface area contributed by atoms with Crippen LogP contribution in [-0.2, 0) is 63.2 Å². The Morgan fingerprint density at radius 2 is 1.57 bits per heavy atom. The Labute approximate surface area is 88.0 Å². The first-order chi connectivity index (χ1) is 1.91. The monoisotopic (exact) mass is 608 g/mol. The minimum absolute atomic E-state index is 0. The topological polar surface area (TPSA) is 23.8 Å². The smallest absolute Gasteiger partial charge is 0.440 e. The molecule has 0 spiro atoms. The van der Waals surface area contributed by atoms with Crippen LogP contribution in [-0.4, -0.2) is 0 Å². The second kappa shape index (κ2) is 24.4. The van der Waals surface area contributed by atoms with E-state index in [0.29, 0.717) is 6.42 Å². The third-order valence-corrected chi connectivity index (χ3v) is 0.144. The van der Waals surface area contributed by atoms with Crippen molar-refractivity contribution in [2.75, 3.05) is 0 Å². The minimum atomic E-state index is 0. The summed E-state index contributed by atoms with van der Waals surface area (Å²) in [6.45, 7) is 4.62. The van der Waals surface area contributed by atoms with E-state index < -0.39 is 0 Å². The van der Waals surface area contributed by atoms with E-state index in [1.165, 1.54) is 6.54 Å². The van der Waals surface area contributed by atoms with Crippen molar-refractivity contribution >= 4 is 0 Å². The number of nitrogens with one attached hydrogen (secondary N) is 1. The zero-order chi connectivity index (χ0) is 3.41. The van der Waals surface area contributed by atoms with Crippen LogP contribution in [0.1, 0.15) is 6.42 Å². The van der Waals surface area contributed by atoms with Gasteiger partial charge in [-0.3, -0.25) is 6.54 Å². The molecule has 0 aliphatic rings. The minimum Gasteiger partial charge on any atom is -0.440 e. The fourth-order valence-electron chi connectivity index (χ4n) is 0. The van der Waals surface area contributed by atoms with Gasteiger partial charge in [0.15, 0.2) is 0 Å². The normalized spacial score (nSPS) is 4.29. The molecule has 1 radical (unpaired) electrons. The van der Waals surface area contributed by atoms with E-state index in [2.05, 4.69) is 6.92 Å². The predicted molar refractivity (Wildman–Crippen MR) is 17.4 cm³/mol. The van der Waals surface area contributed by atoms with Crippen molar-refractivity contribution < 1.29 is 63.2 Å². The summed E-state index contributed by atoms with van der Waals surface area (Å²) in [6, 6.07) is 0. The second-order valence-corrected chi connectivity index (χ2v) is 0.493. The molecule has 0 aromatic heterocycles. The third-order valence-electron chi connectivity index (χ3n) is 0.144. The molecule has 0 aliphatic carbocycles. The molecule has 0 atom stereocenters. The molecule has 1 nitrogen and oxygen atoms in total. The molecule has 0 saturated heterocycles. The van der Waals surface area contributed by atoms with E-state index in [-0.39, 0.29) is 63.2 Å². The fraction of sp³-hybridized carbons (Fsp3) is 0.333. The van der Waals surface area contributed by atoms with E-state index in [9.17, 15) is 0 Å². The van der Waals surface area contributed by atoms with Crippen molar-refractivity contribution in [2.24, 2.45) is 0 Å². The predicted octanol–water partition coefficient (Wildman–Crippen LogP) is 0.648. The van der Waals surface area contributed by atoms with E-state index >= 15 is 0 Å². The average molecular weight is 608 g/mol. The molecule has 7 heavy (non-hydrogen) atoms. The molecule has 0 fully saturated rings. The van der Waals surface area contributed by atoms with Crippen LogP contribution >= 0.6 is 0 Å². The van der Waals surface area contributed by atoms with Crippen molar-refractivity contribution in [1.82, 2.24) is 5.73 Å². The van der Waals surface area contributed by atoms with Gasteiger partial charge in [0.1, 0.15) is 0 Å². The summed E-state index contributed by atoms with van der Waals surface area (Å²) in [5.74, 6) is 0. The molecule has 1 N–H and O–H groups in total. The van der Waals surface area contributed by atoms with Gasteiger partial charge >= 0.3 is 21.1 Å². The standard InChI is InChI=1S/C3H6N.3W/c1-2-3-4;;;/h3-4H,1-2H2;;;/q-2;;;+2. The van der Waals surface area contributed by atoms with Crippen LogP contribution in [0.3, 0.4) is 0 Å². The second-order valence-electron chi connectivity index (χ2n) is 0.493. The van der Waals surface area contributed by atoms with E-state index in [1.807, 2.05) is 0 Å². The van der Waals surface area contributed by atoms with E-state index in [0.717, 1.165) is 0 Å². The molecule has 0 bridgehead atoms. The van der Waals surface area contributed by atoms with Crippen LogP contribution in [0.5, 0.6) is 0 Å². The quantitative estimate of drug-likeness (QED) is 0.392. The van der Waals surface area contributed by atoms with Gasteiger partial charge in [0.25, 0.3) is 0 Å². The molecular formula is C3H6NW3. The molecule has 0 amide bonds. The zero-order valence-corrected chi connectivity index (χ0v) is 12.5. The summed E-state index contributed by atoms with van der Waals surface area (Å²) in [4.78, 5) is 0.